The van der Waals surface area contributed by atoms with Gasteiger partial charge in [0.2, 0.25) is 5.16 Å². The Kier molecular flexibility index (Phi) is 3.21. The zero-order valence-corrected chi connectivity index (χ0v) is 12.1. The molecule has 2 atom stereocenters. The number of halogens is 2. The number of fused-ring (bicyclic) bond motifs is 1. The Morgan fingerprint density at radius 3 is 2.57 bits per heavy atom. The molecular weight excluding hydrogens is 292 g/mol. The molecule has 110 valence electrons. The molecule has 0 unspecified atom stereocenters. The third-order valence-electron chi connectivity index (χ3n) is 4.14. The summed E-state index contributed by atoms with van der Waals surface area (Å²) >= 11 is 1.47. The zero-order chi connectivity index (χ0) is 14.4. The molecule has 4 rings (SSSR count). The monoisotopic (exact) mass is 307 g/mol. The fourth-order valence-corrected chi connectivity index (χ4v) is 4.10. The van der Waals surface area contributed by atoms with Gasteiger partial charge in [-0.05, 0) is 18.4 Å². The van der Waals surface area contributed by atoms with Crippen LogP contribution in [-0.2, 0) is 0 Å². The summed E-state index contributed by atoms with van der Waals surface area (Å²) < 4.78 is 28.7. The molecule has 1 aromatic heterocycles. The number of rotatable bonds is 3. The summed E-state index contributed by atoms with van der Waals surface area (Å²) in [4.78, 5) is 4.31. The van der Waals surface area contributed by atoms with Crippen LogP contribution in [0, 0.1) is 0 Å². The van der Waals surface area contributed by atoms with E-state index >= 15 is 0 Å². The van der Waals surface area contributed by atoms with Gasteiger partial charge in [-0.25, -0.2) is 18.4 Å². The third kappa shape index (κ3) is 2.35. The van der Waals surface area contributed by atoms with E-state index in [1.54, 1.807) is 4.68 Å². The molecule has 0 bridgehead atoms. The highest BCUT2D eigenvalue weighted by Crippen LogP contribution is 2.42. The highest BCUT2D eigenvalue weighted by atomic mass is 32.2. The zero-order valence-electron chi connectivity index (χ0n) is 11.3. The minimum absolute atomic E-state index is 0.0895. The standard InChI is InChI=1S/C15H15F2N3S/c16-10-6-11(7-10)21-15-18-14-12(17)8-13(20(14)19-15)9-4-2-1-3-5-9/h1-5,10-13H,6-8H2/t10?,11?,12-,13-/m0/s1. The van der Waals surface area contributed by atoms with Crippen molar-refractivity contribution in [2.45, 2.75) is 48.1 Å². The fraction of sp³-hybridized carbons (Fsp3) is 0.467. The molecule has 1 aliphatic carbocycles. The van der Waals surface area contributed by atoms with Gasteiger partial charge in [0.1, 0.15) is 6.17 Å². The Balaban J connectivity index is 1.59. The minimum Gasteiger partial charge on any atom is -0.247 e. The van der Waals surface area contributed by atoms with E-state index in [0.29, 0.717) is 30.2 Å². The lowest BCUT2D eigenvalue weighted by Crippen LogP contribution is -2.27. The average Bonchev–Trinajstić information content (AvgIpc) is 2.99. The number of alkyl halides is 2. The molecule has 1 aromatic carbocycles. The van der Waals surface area contributed by atoms with Crippen molar-refractivity contribution in [1.29, 1.82) is 0 Å². The van der Waals surface area contributed by atoms with E-state index in [0.717, 1.165) is 5.56 Å². The molecule has 0 radical (unpaired) electrons. The van der Waals surface area contributed by atoms with Crippen molar-refractivity contribution >= 4 is 11.8 Å². The van der Waals surface area contributed by atoms with Gasteiger partial charge in [-0.3, -0.25) is 0 Å². The maximum atomic E-state index is 14.2. The first-order valence-corrected chi connectivity index (χ1v) is 8.05. The second-order valence-corrected chi connectivity index (χ2v) is 6.90. The quantitative estimate of drug-likeness (QED) is 0.862. The van der Waals surface area contributed by atoms with Crippen molar-refractivity contribution in [2.24, 2.45) is 0 Å². The molecule has 2 aliphatic rings. The lowest BCUT2D eigenvalue weighted by molar-refractivity contribution is 0.219. The molecule has 0 N–H and O–H groups in total. The third-order valence-corrected chi connectivity index (χ3v) is 5.24. The summed E-state index contributed by atoms with van der Waals surface area (Å²) in [7, 11) is 0. The highest BCUT2D eigenvalue weighted by Gasteiger charge is 2.37. The van der Waals surface area contributed by atoms with Crippen LogP contribution in [0.25, 0.3) is 0 Å². The van der Waals surface area contributed by atoms with Gasteiger partial charge in [0, 0.05) is 11.7 Å². The summed E-state index contributed by atoms with van der Waals surface area (Å²) in [6.45, 7) is 0. The number of nitrogens with zero attached hydrogens (tertiary/aromatic N) is 3. The van der Waals surface area contributed by atoms with E-state index in [1.165, 1.54) is 11.8 Å². The average molecular weight is 307 g/mol. The summed E-state index contributed by atoms with van der Waals surface area (Å²) in [5, 5.41) is 5.26. The van der Waals surface area contributed by atoms with Gasteiger partial charge in [-0.1, -0.05) is 42.1 Å². The first kappa shape index (κ1) is 13.2. The van der Waals surface area contributed by atoms with Crippen molar-refractivity contribution in [3.8, 4) is 0 Å². The van der Waals surface area contributed by atoms with Crippen LogP contribution in [0.4, 0.5) is 8.78 Å². The molecule has 2 heterocycles. The van der Waals surface area contributed by atoms with Crippen LogP contribution in [0.1, 0.15) is 42.9 Å². The molecular formula is C15H15F2N3S. The van der Waals surface area contributed by atoms with E-state index in [-0.39, 0.29) is 11.3 Å². The van der Waals surface area contributed by atoms with Crippen molar-refractivity contribution in [3.05, 3.63) is 41.7 Å². The van der Waals surface area contributed by atoms with Crippen molar-refractivity contribution in [1.82, 2.24) is 14.8 Å². The molecule has 6 heteroatoms. The number of thioether (sulfide) groups is 1. The van der Waals surface area contributed by atoms with Crippen LogP contribution in [0.5, 0.6) is 0 Å². The van der Waals surface area contributed by atoms with Crippen LogP contribution >= 0.6 is 11.8 Å². The van der Waals surface area contributed by atoms with E-state index in [9.17, 15) is 8.78 Å². The molecule has 3 nitrogen and oxygen atoms in total. The van der Waals surface area contributed by atoms with Crippen molar-refractivity contribution in [3.63, 3.8) is 0 Å². The normalized spacial score (nSPS) is 31.0. The Morgan fingerprint density at radius 2 is 1.86 bits per heavy atom. The van der Waals surface area contributed by atoms with E-state index in [4.69, 9.17) is 0 Å². The molecule has 0 saturated heterocycles. The van der Waals surface area contributed by atoms with E-state index in [2.05, 4.69) is 10.1 Å². The lowest BCUT2D eigenvalue weighted by atomic mass is 9.97. The number of benzene rings is 1. The van der Waals surface area contributed by atoms with Crippen LogP contribution in [0.2, 0.25) is 0 Å². The van der Waals surface area contributed by atoms with Gasteiger partial charge in [0.15, 0.2) is 12.0 Å². The van der Waals surface area contributed by atoms with Gasteiger partial charge in [0.05, 0.1) is 6.04 Å². The largest absolute Gasteiger partial charge is 0.247 e. The highest BCUT2D eigenvalue weighted by molar-refractivity contribution is 7.99. The molecule has 1 fully saturated rings. The summed E-state index contributed by atoms with van der Waals surface area (Å²) in [6.07, 6.45) is -0.276. The smallest absolute Gasteiger partial charge is 0.209 e. The summed E-state index contributed by atoms with van der Waals surface area (Å²) in [5.74, 6) is 0.405. The fourth-order valence-electron chi connectivity index (χ4n) is 2.91. The Bertz CT molecular complexity index is 640. The summed E-state index contributed by atoms with van der Waals surface area (Å²) in [5.41, 5.74) is 1.05. The van der Waals surface area contributed by atoms with Gasteiger partial charge in [0.25, 0.3) is 0 Å². The van der Waals surface area contributed by atoms with Crippen LogP contribution in [0.3, 0.4) is 0 Å². The predicted molar refractivity (Wildman–Crippen MR) is 76.8 cm³/mol. The second-order valence-electron chi connectivity index (χ2n) is 5.64. The molecule has 1 aliphatic heterocycles. The first-order chi connectivity index (χ1) is 10.2. The second kappa shape index (κ2) is 5.09. The van der Waals surface area contributed by atoms with Crippen LogP contribution < -0.4 is 0 Å². The lowest BCUT2D eigenvalue weighted by Gasteiger charge is -2.27. The number of hydrogen-bond acceptors (Lipinski definition) is 3. The van der Waals surface area contributed by atoms with Gasteiger partial charge in [-0.15, -0.1) is 5.10 Å². The van der Waals surface area contributed by atoms with Gasteiger partial charge < -0.3 is 0 Å². The maximum Gasteiger partial charge on any atom is 0.209 e. The number of aromatic nitrogens is 3. The topological polar surface area (TPSA) is 30.7 Å². The van der Waals surface area contributed by atoms with Crippen molar-refractivity contribution in [2.75, 3.05) is 0 Å². The SMILES string of the molecule is FC1CC(Sc2nc3n(n2)[C@H](c2ccccc2)C[C@@H]3F)C1. The molecule has 0 spiro atoms. The Labute approximate surface area is 125 Å². The van der Waals surface area contributed by atoms with Crippen LogP contribution in [-0.4, -0.2) is 26.2 Å². The Morgan fingerprint density at radius 1 is 1.10 bits per heavy atom. The van der Waals surface area contributed by atoms with Gasteiger partial charge in [-0.2, -0.15) is 0 Å². The Hall–Kier alpha value is -1.43. The number of hydrogen-bond donors (Lipinski definition) is 0. The van der Waals surface area contributed by atoms with Crippen molar-refractivity contribution < 1.29 is 8.78 Å². The van der Waals surface area contributed by atoms with Crippen LogP contribution in [0.15, 0.2) is 35.5 Å². The molecule has 2 aromatic rings. The first-order valence-electron chi connectivity index (χ1n) is 7.17. The molecule has 0 amide bonds. The van der Waals surface area contributed by atoms with E-state index < -0.39 is 12.3 Å². The minimum atomic E-state index is -1.08. The summed E-state index contributed by atoms with van der Waals surface area (Å²) in [6, 6.07) is 9.72. The van der Waals surface area contributed by atoms with E-state index in [1.807, 2.05) is 30.3 Å². The predicted octanol–water partition coefficient (Wildman–Crippen LogP) is 3.87. The van der Waals surface area contributed by atoms with Gasteiger partial charge >= 0.3 is 0 Å². The molecule has 21 heavy (non-hydrogen) atoms. The maximum absolute atomic E-state index is 14.2. The molecule has 1 saturated carbocycles.